The Morgan fingerprint density at radius 2 is 2.07 bits per heavy atom. The van der Waals surface area contributed by atoms with Gasteiger partial charge in [0.15, 0.2) is 0 Å². The lowest BCUT2D eigenvalue weighted by atomic mass is 10.1. The zero-order valence-electron chi connectivity index (χ0n) is 7.80. The maximum Gasteiger partial charge on any atom is 0.322 e. The van der Waals surface area contributed by atoms with E-state index in [0.717, 1.165) is 0 Å². The molecule has 0 radical (unpaired) electrons. The number of sulfonamides is 1. The highest BCUT2D eigenvalue weighted by Crippen LogP contribution is 2.07. The smallest absolute Gasteiger partial charge is 0.322 e. The maximum atomic E-state index is 11.0. The summed E-state index contributed by atoms with van der Waals surface area (Å²) in [5.41, 5.74) is 5.18. The molecule has 0 aromatic carbocycles. The minimum Gasteiger partial charge on any atom is -0.480 e. The predicted octanol–water partition coefficient (Wildman–Crippen LogP) is -2.34. The number of likely N-dealkylation sites (N-methyl/N-ethyl adjacent to an activating group) is 1. The van der Waals surface area contributed by atoms with Crippen LogP contribution in [0.4, 0.5) is 0 Å². The van der Waals surface area contributed by atoms with Crippen LogP contribution in [-0.2, 0) is 14.8 Å². The number of carboxylic acid groups (broad SMARTS) is 1. The van der Waals surface area contributed by atoms with Crippen molar-refractivity contribution in [1.82, 2.24) is 5.32 Å². The number of aliphatic carboxylic acids is 1. The quantitative estimate of drug-likeness (QED) is 0.400. The van der Waals surface area contributed by atoms with Gasteiger partial charge in [-0.25, -0.2) is 13.6 Å². The maximum absolute atomic E-state index is 11.0. The van der Waals surface area contributed by atoms with E-state index >= 15 is 0 Å². The Morgan fingerprint density at radius 3 is 2.29 bits per heavy atom. The van der Waals surface area contributed by atoms with Crippen LogP contribution in [0.25, 0.3) is 0 Å². The molecule has 0 aliphatic carbocycles. The van der Waals surface area contributed by atoms with Crippen LogP contribution in [-0.4, -0.2) is 44.4 Å². The second-order valence-corrected chi connectivity index (χ2v) is 4.59. The van der Waals surface area contributed by atoms with E-state index in [2.05, 4.69) is 5.32 Å². The standard InChI is InChI=1S/C6H15N3O4S/c1-9-5(6(10)11)4(2-3-7)14(8,12)13/h4-5,9H,2-3,7H2,1H3,(H,10,11)(H2,8,12,13)/t4?,5-/m0/s1. The molecular weight excluding hydrogens is 210 g/mol. The Hall–Kier alpha value is -0.700. The molecule has 0 amide bonds. The van der Waals surface area contributed by atoms with E-state index in [1.54, 1.807) is 0 Å². The monoisotopic (exact) mass is 225 g/mol. The van der Waals surface area contributed by atoms with Crippen LogP contribution in [0.5, 0.6) is 0 Å². The fourth-order valence-corrected chi connectivity index (χ4v) is 2.25. The van der Waals surface area contributed by atoms with Gasteiger partial charge < -0.3 is 16.2 Å². The van der Waals surface area contributed by atoms with Gasteiger partial charge in [-0.05, 0) is 20.0 Å². The van der Waals surface area contributed by atoms with Crippen LogP contribution in [0.15, 0.2) is 0 Å². The third kappa shape index (κ3) is 3.58. The molecule has 0 heterocycles. The highest BCUT2D eigenvalue weighted by Gasteiger charge is 2.34. The molecule has 0 aromatic rings. The third-order valence-electron chi connectivity index (χ3n) is 1.82. The molecule has 0 aliphatic heterocycles. The first-order valence-electron chi connectivity index (χ1n) is 3.96. The predicted molar refractivity (Wildman–Crippen MR) is 51.1 cm³/mol. The Labute approximate surface area is 82.5 Å². The zero-order chi connectivity index (χ0) is 11.4. The number of hydrogen-bond acceptors (Lipinski definition) is 5. The number of nitrogens with one attached hydrogen (secondary N) is 1. The number of nitrogens with two attached hydrogens (primary N) is 2. The summed E-state index contributed by atoms with van der Waals surface area (Å²) in [5, 5.41) is 14.8. The molecule has 84 valence electrons. The summed E-state index contributed by atoms with van der Waals surface area (Å²) in [6, 6.07) is -1.23. The Balaban J connectivity index is 4.89. The van der Waals surface area contributed by atoms with E-state index in [-0.39, 0.29) is 13.0 Å². The highest BCUT2D eigenvalue weighted by molar-refractivity contribution is 7.89. The number of hydrogen-bond donors (Lipinski definition) is 4. The molecule has 1 unspecified atom stereocenters. The summed E-state index contributed by atoms with van der Waals surface area (Å²) >= 11 is 0. The molecule has 0 aromatic heterocycles. The number of primary sulfonamides is 1. The second-order valence-electron chi connectivity index (χ2n) is 2.81. The van der Waals surface area contributed by atoms with Crippen LogP contribution < -0.4 is 16.2 Å². The van der Waals surface area contributed by atoms with Gasteiger partial charge in [-0.3, -0.25) is 4.79 Å². The lowest BCUT2D eigenvalue weighted by Crippen LogP contribution is -2.50. The van der Waals surface area contributed by atoms with Gasteiger partial charge in [0.05, 0.1) is 0 Å². The zero-order valence-corrected chi connectivity index (χ0v) is 8.62. The molecular formula is C6H15N3O4S. The molecule has 0 spiro atoms. The van der Waals surface area contributed by atoms with Gasteiger partial charge in [0.25, 0.3) is 0 Å². The lowest BCUT2D eigenvalue weighted by Gasteiger charge is -2.20. The van der Waals surface area contributed by atoms with E-state index in [4.69, 9.17) is 16.0 Å². The first-order valence-corrected chi connectivity index (χ1v) is 5.57. The topological polar surface area (TPSA) is 136 Å². The molecule has 6 N–H and O–H groups in total. The largest absolute Gasteiger partial charge is 0.480 e. The van der Waals surface area contributed by atoms with Crippen molar-refractivity contribution in [3.05, 3.63) is 0 Å². The molecule has 14 heavy (non-hydrogen) atoms. The average Bonchev–Trinajstić information content (AvgIpc) is 2.02. The van der Waals surface area contributed by atoms with Crippen molar-refractivity contribution in [2.24, 2.45) is 10.9 Å². The van der Waals surface area contributed by atoms with Crippen molar-refractivity contribution < 1.29 is 18.3 Å². The van der Waals surface area contributed by atoms with E-state index < -0.39 is 27.3 Å². The highest BCUT2D eigenvalue weighted by atomic mass is 32.2. The van der Waals surface area contributed by atoms with Crippen LogP contribution in [0, 0.1) is 0 Å². The first kappa shape index (κ1) is 13.3. The van der Waals surface area contributed by atoms with Crippen LogP contribution in [0.1, 0.15) is 6.42 Å². The van der Waals surface area contributed by atoms with E-state index in [1.807, 2.05) is 0 Å². The molecule has 0 aliphatic rings. The minimum absolute atomic E-state index is 0.0106. The summed E-state index contributed by atoms with van der Waals surface area (Å²) < 4.78 is 22.1. The Morgan fingerprint density at radius 1 is 1.57 bits per heavy atom. The third-order valence-corrected chi connectivity index (χ3v) is 3.17. The van der Waals surface area contributed by atoms with Gasteiger partial charge in [-0.1, -0.05) is 0 Å². The molecule has 8 heteroatoms. The van der Waals surface area contributed by atoms with Crippen molar-refractivity contribution in [3.8, 4) is 0 Å². The number of rotatable bonds is 6. The molecule has 0 saturated heterocycles. The van der Waals surface area contributed by atoms with E-state index in [1.165, 1.54) is 7.05 Å². The van der Waals surface area contributed by atoms with Gasteiger partial charge in [0.1, 0.15) is 11.3 Å². The molecule has 2 atom stereocenters. The Kier molecular flexibility index (Phi) is 4.99. The van der Waals surface area contributed by atoms with Gasteiger partial charge in [0, 0.05) is 0 Å². The summed E-state index contributed by atoms with van der Waals surface area (Å²) in [5.74, 6) is -1.26. The van der Waals surface area contributed by atoms with Crippen molar-refractivity contribution in [3.63, 3.8) is 0 Å². The average molecular weight is 225 g/mol. The molecule has 0 rings (SSSR count). The van der Waals surface area contributed by atoms with Gasteiger partial charge >= 0.3 is 5.97 Å². The number of carbonyl (C=O) groups is 1. The normalized spacial score (nSPS) is 16.2. The minimum atomic E-state index is -3.91. The van der Waals surface area contributed by atoms with Crippen LogP contribution >= 0.6 is 0 Å². The fourth-order valence-electron chi connectivity index (χ4n) is 1.15. The van der Waals surface area contributed by atoms with Crippen LogP contribution in [0.3, 0.4) is 0 Å². The SMILES string of the molecule is CN[C@H](C(=O)O)C(CCN)S(N)(=O)=O. The van der Waals surface area contributed by atoms with E-state index in [9.17, 15) is 13.2 Å². The van der Waals surface area contributed by atoms with Crippen molar-refractivity contribution in [2.75, 3.05) is 13.6 Å². The van der Waals surface area contributed by atoms with Crippen molar-refractivity contribution in [1.29, 1.82) is 0 Å². The lowest BCUT2D eigenvalue weighted by molar-refractivity contribution is -0.139. The number of carboxylic acids is 1. The van der Waals surface area contributed by atoms with Gasteiger partial charge in [-0.2, -0.15) is 0 Å². The molecule has 7 nitrogen and oxygen atoms in total. The van der Waals surface area contributed by atoms with Crippen molar-refractivity contribution >= 4 is 16.0 Å². The summed E-state index contributed by atoms with van der Waals surface area (Å²) in [4.78, 5) is 10.7. The summed E-state index contributed by atoms with van der Waals surface area (Å²) in [6.07, 6.45) is 0.0106. The van der Waals surface area contributed by atoms with Gasteiger partial charge in [0.2, 0.25) is 10.0 Å². The molecule has 0 bridgehead atoms. The van der Waals surface area contributed by atoms with Crippen molar-refractivity contribution in [2.45, 2.75) is 17.7 Å². The summed E-state index contributed by atoms with van der Waals surface area (Å²) in [6.45, 7) is 0.0621. The van der Waals surface area contributed by atoms with Crippen LogP contribution in [0.2, 0.25) is 0 Å². The molecule has 0 saturated carbocycles. The fraction of sp³-hybridized carbons (Fsp3) is 0.833. The first-order chi connectivity index (χ1) is 6.34. The summed E-state index contributed by atoms with van der Waals surface area (Å²) in [7, 11) is -2.55. The Bertz CT molecular complexity index is 289. The molecule has 0 fully saturated rings. The second kappa shape index (κ2) is 5.25. The van der Waals surface area contributed by atoms with E-state index in [0.29, 0.717) is 0 Å². The van der Waals surface area contributed by atoms with Gasteiger partial charge in [-0.15, -0.1) is 0 Å².